The summed E-state index contributed by atoms with van der Waals surface area (Å²) in [6.45, 7) is 11.7. The first-order valence-electron chi connectivity index (χ1n) is 12.8. The first kappa shape index (κ1) is 28.0. The zero-order chi connectivity index (χ0) is 26.8. The van der Waals surface area contributed by atoms with Crippen LogP contribution < -0.4 is 10.6 Å². The number of carbonyl (C=O) groups is 2. The van der Waals surface area contributed by atoms with Crippen LogP contribution in [0.4, 0.5) is 0 Å². The minimum atomic E-state index is -0.219. The highest BCUT2D eigenvalue weighted by atomic mass is 16.2. The molecule has 0 bridgehead atoms. The molecule has 2 radical (unpaired) electrons. The van der Waals surface area contributed by atoms with Crippen LogP contribution in [0.25, 0.3) is 0 Å². The Morgan fingerprint density at radius 2 is 2.03 bits per heavy atom. The number of piperidine rings is 1. The number of nitrogens with one attached hydrogen (secondary N) is 2. The van der Waals surface area contributed by atoms with Crippen LogP contribution in [0, 0.1) is 11.8 Å². The second-order valence-corrected chi connectivity index (χ2v) is 9.66. The zero-order valence-corrected chi connectivity index (χ0v) is 22.0. The van der Waals surface area contributed by atoms with Gasteiger partial charge in [0.1, 0.15) is 7.85 Å². The predicted octanol–water partition coefficient (Wildman–Crippen LogP) is 3.85. The molecule has 2 heterocycles. The van der Waals surface area contributed by atoms with E-state index < -0.39 is 0 Å². The quantitative estimate of drug-likeness (QED) is 0.293. The summed E-state index contributed by atoms with van der Waals surface area (Å²) in [4.78, 5) is 31.6. The predicted molar refractivity (Wildman–Crippen MR) is 152 cm³/mol. The molecule has 2 unspecified atom stereocenters. The van der Waals surface area contributed by atoms with Crippen LogP contribution in [0.15, 0.2) is 94.8 Å². The number of benzene rings is 1. The fraction of sp³-hybridized carbons (Fsp3) is 0.367. The number of nitrogens with zero attached hydrogens (tertiary/aromatic N) is 2. The number of ketones is 1. The molecule has 2 aliphatic heterocycles. The molecule has 3 rings (SSSR count). The summed E-state index contributed by atoms with van der Waals surface area (Å²) in [5.41, 5.74) is 4.43. The van der Waals surface area contributed by atoms with Crippen molar-refractivity contribution in [2.24, 2.45) is 16.8 Å². The maximum atomic E-state index is 13.2. The van der Waals surface area contributed by atoms with Gasteiger partial charge in [0.2, 0.25) is 5.91 Å². The number of likely N-dealkylation sites (tertiary alicyclic amines) is 1. The molecule has 6 nitrogen and oxygen atoms in total. The number of aliphatic imine (C=N–C) groups is 1. The molecule has 1 amide bonds. The first-order chi connectivity index (χ1) is 17.9. The van der Waals surface area contributed by atoms with Gasteiger partial charge in [-0.3, -0.25) is 14.6 Å². The molecular weight excluding hydrogens is 459 g/mol. The van der Waals surface area contributed by atoms with Crippen molar-refractivity contribution in [3.8, 4) is 0 Å². The number of hydrogen-bond donors (Lipinski definition) is 2. The summed E-state index contributed by atoms with van der Waals surface area (Å²) >= 11 is 0. The van der Waals surface area contributed by atoms with E-state index in [1.807, 2.05) is 36.1 Å². The molecule has 2 N–H and O–H groups in total. The first-order valence-corrected chi connectivity index (χ1v) is 12.8. The van der Waals surface area contributed by atoms with Crippen LogP contribution in [0.1, 0.15) is 31.7 Å². The fourth-order valence-electron chi connectivity index (χ4n) is 4.84. The third-order valence-electron chi connectivity index (χ3n) is 6.79. The third kappa shape index (κ3) is 7.69. The largest absolute Gasteiger partial charge is 0.388 e. The molecule has 1 aromatic rings. The minimum Gasteiger partial charge on any atom is -0.388 e. The van der Waals surface area contributed by atoms with E-state index >= 15 is 0 Å². The molecule has 0 aliphatic carbocycles. The lowest BCUT2D eigenvalue weighted by Gasteiger charge is -2.35. The average Bonchev–Trinajstić information content (AvgIpc) is 2.92. The standard InChI is InChI=1S/C30H37BN4O2/c1-5-25(29(36)6-2)27-16-24(17-28(34-27)26(31)19-32-4)33-18-23-13-10-14-35(20-23)30(37)21(3)15-22-11-8-7-9-12-22/h5-9,11-12,16,19,21,23,33-34H,1-2,10,13-15,17-18,20H2,3-4H3/b27-25-,28-26-,32-19?. The number of hydrogen-bond acceptors (Lipinski definition) is 5. The molecule has 1 saturated heterocycles. The molecule has 2 aliphatic rings. The zero-order valence-electron chi connectivity index (χ0n) is 22.0. The highest BCUT2D eigenvalue weighted by molar-refractivity contribution is 6.33. The van der Waals surface area contributed by atoms with Crippen molar-refractivity contribution in [2.45, 2.75) is 32.6 Å². The molecule has 0 saturated carbocycles. The fourth-order valence-corrected chi connectivity index (χ4v) is 4.84. The van der Waals surface area contributed by atoms with Gasteiger partial charge in [-0.25, -0.2) is 0 Å². The van der Waals surface area contributed by atoms with Gasteiger partial charge in [-0.05, 0) is 42.9 Å². The normalized spacial score (nSPS) is 21.4. The van der Waals surface area contributed by atoms with Crippen LogP contribution in [0.3, 0.4) is 0 Å². The van der Waals surface area contributed by atoms with E-state index in [0.29, 0.717) is 29.1 Å². The minimum absolute atomic E-state index is 0.0513. The lowest BCUT2D eigenvalue weighted by molar-refractivity contribution is -0.136. The Balaban J connectivity index is 1.69. The van der Waals surface area contributed by atoms with Crippen molar-refractivity contribution in [1.29, 1.82) is 0 Å². The summed E-state index contributed by atoms with van der Waals surface area (Å²) in [6.07, 6.45) is 9.65. The number of rotatable bonds is 10. The summed E-state index contributed by atoms with van der Waals surface area (Å²) in [5.74, 6) is 0.281. The van der Waals surface area contributed by atoms with Crippen LogP contribution in [0.2, 0.25) is 0 Å². The van der Waals surface area contributed by atoms with E-state index in [1.54, 1.807) is 13.3 Å². The Kier molecular flexibility index (Phi) is 10.3. The smallest absolute Gasteiger partial charge is 0.225 e. The Hall–Kier alpha value is -3.61. The maximum absolute atomic E-state index is 13.2. The van der Waals surface area contributed by atoms with Gasteiger partial charge in [0.05, 0.1) is 5.70 Å². The molecule has 192 valence electrons. The maximum Gasteiger partial charge on any atom is 0.225 e. The van der Waals surface area contributed by atoms with Gasteiger partial charge in [-0.1, -0.05) is 62.0 Å². The molecular formula is C30H37BN4O2. The lowest BCUT2D eigenvalue weighted by atomic mass is 9.90. The van der Waals surface area contributed by atoms with Gasteiger partial charge in [0.25, 0.3) is 0 Å². The van der Waals surface area contributed by atoms with Gasteiger partial charge in [-0.15, -0.1) is 0 Å². The summed E-state index contributed by atoms with van der Waals surface area (Å²) in [6, 6.07) is 10.2. The van der Waals surface area contributed by atoms with E-state index in [2.05, 4.69) is 40.9 Å². The Bertz CT molecular complexity index is 1130. The molecule has 1 fully saturated rings. The molecule has 7 heteroatoms. The van der Waals surface area contributed by atoms with Crippen molar-refractivity contribution >= 4 is 25.8 Å². The van der Waals surface area contributed by atoms with Gasteiger partial charge in [-0.2, -0.15) is 0 Å². The van der Waals surface area contributed by atoms with Gasteiger partial charge in [0, 0.05) is 62.2 Å². The van der Waals surface area contributed by atoms with Crippen LogP contribution in [-0.2, 0) is 16.0 Å². The molecule has 1 aromatic carbocycles. The van der Waals surface area contributed by atoms with E-state index in [0.717, 1.165) is 50.3 Å². The summed E-state index contributed by atoms with van der Waals surface area (Å²) < 4.78 is 0. The van der Waals surface area contributed by atoms with Crippen molar-refractivity contribution < 1.29 is 9.59 Å². The van der Waals surface area contributed by atoms with E-state index in [9.17, 15) is 9.59 Å². The van der Waals surface area contributed by atoms with Gasteiger partial charge >= 0.3 is 0 Å². The number of carbonyl (C=O) groups excluding carboxylic acids is 2. The van der Waals surface area contributed by atoms with Crippen LogP contribution in [0.5, 0.6) is 0 Å². The Morgan fingerprint density at radius 3 is 2.70 bits per heavy atom. The lowest BCUT2D eigenvalue weighted by Crippen LogP contribution is -2.45. The highest BCUT2D eigenvalue weighted by Crippen LogP contribution is 2.24. The summed E-state index contributed by atoms with van der Waals surface area (Å²) in [5, 5.41) is 6.82. The van der Waals surface area contributed by atoms with Gasteiger partial charge < -0.3 is 15.5 Å². The van der Waals surface area contributed by atoms with Crippen molar-refractivity contribution in [2.75, 3.05) is 26.7 Å². The molecule has 37 heavy (non-hydrogen) atoms. The topological polar surface area (TPSA) is 73.8 Å². The molecule has 0 spiro atoms. The van der Waals surface area contributed by atoms with Crippen LogP contribution in [-0.4, -0.2) is 57.3 Å². The number of amides is 1. The van der Waals surface area contributed by atoms with Crippen molar-refractivity contribution in [1.82, 2.24) is 15.5 Å². The highest BCUT2D eigenvalue weighted by Gasteiger charge is 2.27. The number of allylic oxidation sites excluding steroid dienone is 5. The van der Waals surface area contributed by atoms with Crippen LogP contribution >= 0.6 is 0 Å². The molecule has 2 atom stereocenters. The Morgan fingerprint density at radius 1 is 1.27 bits per heavy atom. The summed E-state index contributed by atoms with van der Waals surface area (Å²) in [7, 11) is 7.88. The Labute approximate surface area is 222 Å². The monoisotopic (exact) mass is 496 g/mol. The van der Waals surface area contributed by atoms with Crippen molar-refractivity contribution in [3.05, 3.63) is 95.4 Å². The van der Waals surface area contributed by atoms with E-state index in [4.69, 9.17) is 7.85 Å². The van der Waals surface area contributed by atoms with Gasteiger partial charge in [0.15, 0.2) is 5.78 Å². The second-order valence-electron chi connectivity index (χ2n) is 9.66. The van der Waals surface area contributed by atoms with E-state index in [-0.39, 0.29) is 17.6 Å². The second kappa shape index (κ2) is 13.6. The van der Waals surface area contributed by atoms with Crippen molar-refractivity contribution in [3.63, 3.8) is 0 Å². The SMILES string of the molecule is [B]/C(C=NC)=C1/CC(NCC2CCCN(C(=O)C(C)Cc3ccccc3)C2)=C/C(=C(\C=C)C(=O)C=C)N1. The average molecular weight is 496 g/mol. The molecule has 0 aromatic heterocycles. The third-order valence-corrected chi connectivity index (χ3v) is 6.79. The van der Waals surface area contributed by atoms with E-state index in [1.165, 1.54) is 17.7 Å².